The lowest BCUT2D eigenvalue weighted by atomic mass is 9.81. The van der Waals surface area contributed by atoms with Crippen LogP contribution in [0, 0.1) is 12.8 Å². The van der Waals surface area contributed by atoms with E-state index in [0.717, 1.165) is 31.1 Å². The van der Waals surface area contributed by atoms with Crippen LogP contribution in [-0.2, 0) is 5.54 Å². The first-order valence-electron chi connectivity index (χ1n) is 7.18. The number of rotatable bonds is 5. The normalized spacial score (nSPS) is 19.3. The van der Waals surface area contributed by atoms with Gasteiger partial charge in [-0.3, -0.25) is 0 Å². The Bertz CT molecular complexity index is 367. The van der Waals surface area contributed by atoms with Gasteiger partial charge in [0, 0.05) is 6.92 Å². The number of nitrogens with zero attached hydrogens (tertiary/aromatic N) is 2. The number of hydrogen-bond donors (Lipinski definition) is 1. The van der Waals surface area contributed by atoms with Crippen LogP contribution in [0.15, 0.2) is 4.52 Å². The molecule has 1 aromatic heterocycles. The minimum Gasteiger partial charge on any atom is -0.340 e. The summed E-state index contributed by atoms with van der Waals surface area (Å²) in [6, 6.07) is 0. The highest BCUT2D eigenvalue weighted by Gasteiger charge is 2.37. The van der Waals surface area contributed by atoms with Crippen molar-refractivity contribution in [2.75, 3.05) is 6.54 Å². The lowest BCUT2D eigenvalue weighted by Crippen LogP contribution is -2.45. The summed E-state index contributed by atoms with van der Waals surface area (Å²) in [6.45, 7) is 7.41. The van der Waals surface area contributed by atoms with E-state index in [-0.39, 0.29) is 5.54 Å². The largest absolute Gasteiger partial charge is 0.340 e. The molecule has 0 aliphatic heterocycles. The maximum absolute atomic E-state index is 5.17. The SMILES string of the molecule is Cc1nc(C2(NCCC(C)C)CCCCC2)no1. The maximum Gasteiger partial charge on any atom is 0.223 e. The van der Waals surface area contributed by atoms with Gasteiger partial charge in [-0.05, 0) is 31.7 Å². The lowest BCUT2D eigenvalue weighted by molar-refractivity contribution is 0.210. The van der Waals surface area contributed by atoms with Gasteiger partial charge in [0.15, 0.2) is 5.82 Å². The van der Waals surface area contributed by atoms with E-state index >= 15 is 0 Å². The van der Waals surface area contributed by atoms with Crippen LogP contribution in [0.2, 0.25) is 0 Å². The zero-order valence-corrected chi connectivity index (χ0v) is 11.8. The quantitative estimate of drug-likeness (QED) is 0.873. The van der Waals surface area contributed by atoms with E-state index in [1.165, 1.54) is 25.7 Å². The number of hydrogen-bond acceptors (Lipinski definition) is 4. The highest BCUT2D eigenvalue weighted by atomic mass is 16.5. The second-order valence-electron chi connectivity index (χ2n) is 5.89. The molecule has 102 valence electrons. The fourth-order valence-corrected chi connectivity index (χ4v) is 2.73. The molecule has 4 heteroatoms. The van der Waals surface area contributed by atoms with Crippen molar-refractivity contribution in [2.45, 2.75) is 64.8 Å². The molecule has 1 saturated carbocycles. The van der Waals surface area contributed by atoms with Gasteiger partial charge in [-0.25, -0.2) is 0 Å². The second-order valence-corrected chi connectivity index (χ2v) is 5.89. The van der Waals surface area contributed by atoms with Gasteiger partial charge < -0.3 is 9.84 Å². The Morgan fingerprint density at radius 1 is 1.28 bits per heavy atom. The fraction of sp³-hybridized carbons (Fsp3) is 0.857. The van der Waals surface area contributed by atoms with Crippen molar-refractivity contribution < 1.29 is 4.52 Å². The molecule has 4 nitrogen and oxygen atoms in total. The third-order valence-electron chi connectivity index (χ3n) is 3.85. The van der Waals surface area contributed by atoms with E-state index in [1.807, 2.05) is 6.92 Å². The molecule has 0 aromatic carbocycles. The Morgan fingerprint density at radius 3 is 2.56 bits per heavy atom. The van der Waals surface area contributed by atoms with Crippen LogP contribution in [0.4, 0.5) is 0 Å². The highest BCUT2D eigenvalue weighted by molar-refractivity contribution is 5.06. The van der Waals surface area contributed by atoms with Gasteiger partial charge >= 0.3 is 0 Å². The Morgan fingerprint density at radius 2 is 2.00 bits per heavy atom. The molecule has 0 saturated heterocycles. The molecule has 1 heterocycles. The molecule has 1 aliphatic rings. The zero-order valence-electron chi connectivity index (χ0n) is 11.8. The van der Waals surface area contributed by atoms with Crippen molar-refractivity contribution in [3.8, 4) is 0 Å². The molecule has 18 heavy (non-hydrogen) atoms. The first-order valence-corrected chi connectivity index (χ1v) is 7.18. The molecule has 1 N–H and O–H groups in total. The molecule has 1 fully saturated rings. The monoisotopic (exact) mass is 251 g/mol. The van der Waals surface area contributed by atoms with Crippen molar-refractivity contribution in [1.29, 1.82) is 0 Å². The Labute approximate surface area is 110 Å². The van der Waals surface area contributed by atoms with E-state index in [0.29, 0.717) is 5.89 Å². The minimum atomic E-state index is -0.0368. The summed E-state index contributed by atoms with van der Waals surface area (Å²) in [4.78, 5) is 4.46. The minimum absolute atomic E-state index is 0.0368. The molecule has 0 unspecified atom stereocenters. The summed E-state index contributed by atoms with van der Waals surface area (Å²) in [6.07, 6.45) is 7.28. The first-order chi connectivity index (χ1) is 8.62. The van der Waals surface area contributed by atoms with Gasteiger partial charge in [0.2, 0.25) is 5.89 Å². The molecule has 1 aliphatic carbocycles. The summed E-state index contributed by atoms with van der Waals surface area (Å²) in [7, 11) is 0. The van der Waals surface area contributed by atoms with Crippen LogP contribution in [-0.4, -0.2) is 16.7 Å². The number of aryl methyl sites for hydroxylation is 1. The summed E-state index contributed by atoms with van der Waals surface area (Å²) in [5.41, 5.74) is -0.0368. The highest BCUT2D eigenvalue weighted by Crippen LogP contribution is 2.35. The topological polar surface area (TPSA) is 51.0 Å². The van der Waals surface area contributed by atoms with Crippen LogP contribution >= 0.6 is 0 Å². The van der Waals surface area contributed by atoms with Gasteiger partial charge in [0.1, 0.15) is 0 Å². The van der Waals surface area contributed by atoms with E-state index in [9.17, 15) is 0 Å². The fourth-order valence-electron chi connectivity index (χ4n) is 2.73. The van der Waals surface area contributed by atoms with E-state index in [2.05, 4.69) is 29.3 Å². The second kappa shape index (κ2) is 5.83. The number of aromatic nitrogens is 2. The van der Waals surface area contributed by atoms with E-state index in [4.69, 9.17) is 4.52 Å². The molecular weight excluding hydrogens is 226 g/mol. The molecule has 0 radical (unpaired) electrons. The standard InChI is InChI=1S/C14H25N3O/c1-11(2)7-10-15-14(8-5-4-6-9-14)13-16-12(3)18-17-13/h11,15H,4-10H2,1-3H3. The Kier molecular flexibility index (Phi) is 4.38. The van der Waals surface area contributed by atoms with Crippen LogP contribution in [0.3, 0.4) is 0 Å². The third kappa shape index (κ3) is 3.10. The van der Waals surface area contributed by atoms with Crippen LogP contribution in [0.5, 0.6) is 0 Å². The van der Waals surface area contributed by atoms with Gasteiger partial charge in [-0.2, -0.15) is 4.98 Å². The summed E-state index contributed by atoms with van der Waals surface area (Å²) >= 11 is 0. The molecule has 0 amide bonds. The lowest BCUT2D eigenvalue weighted by Gasteiger charge is -2.35. The first kappa shape index (κ1) is 13.5. The van der Waals surface area contributed by atoms with E-state index in [1.54, 1.807) is 0 Å². The zero-order chi connectivity index (χ0) is 13.0. The van der Waals surface area contributed by atoms with Crippen molar-refractivity contribution >= 4 is 0 Å². The Hall–Kier alpha value is -0.900. The van der Waals surface area contributed by atoms with Crippen molar-refractivity contribution in [2.24, 2.45) is 5.92 Å². The summed E-state index contributed by atoms with van der Waals surface area (Å²) < 4.78 is 5.17. The van der Waals surface area contributed by atoms with E-state index < -0.39 is 0 Å². The molecule has 1 aromatic rings. The third-order valence-corrected chi connectivity index (χ3v) is 3.85. The molecule has 0 spiro atoms. The molecule has 0 bridgehead atoms. The van der Waals surface area contributed by atoms with Gasteiger partial charge in [-0.1, -0.05) is 38.3 Å². The predicted molar refractivity (Wildman–Crippen MR) is 71.3 cm³/mol. The summed E-state index contributed by atoms with van der Waals surface area (Å²) in [5.74, 6) is 2.26. The van der Waals surface area contributed by atoms with Crippen LogP contribution < -0.4 is 5.32 Å². The molecule has 2 rings (SSSR count). The van der Waals surface area contributed by atoms with Gasteiger partial charge in [-0.15, -0.1) is 0 Å². The van der Waals surface area contributed by atoms with Gasteiger partial charge in [0.05, 0.1) is 5.54 Å². The predicted octanol–water partition coefficient (Wildman–Crippen LogP) is 3.17. The van der Waals surface area contributed by atoms with Crippen LogP contribution in [0.25, 0.3) is 0 Å². The maximum atomic E-state index is 5.17. The average Bonchev–Trinajstić information content (AvgIpc) is 2.77. The van der Waals surface area contributed by atoms with Crippen LogP contribution in [0.1, 0.15) is 64.1 Å². The molecule has 0 atom stereocenters. The van der Waals surface area contributed by atoms with Gasteiger partial charge in [0.25, 0.3) is 0 Å². The average molecular weight is 251 g/mol. The van der Waals surface area contributed by atoms with Crippen molar-refractivity contribution in [1.82, 2.24) is 15.5 Å². The molecular formula is C14H25N3O. The summed E-state index contributed by atoms with van der Waals surface area (Å²) in [5, 5.41) is 7.87. The van der Waals surface area contributed by atoms with Crippen molar-refractivity contribution in [3.63, 3.8) is 0 Å². The Balaban J connectivity index is 2.07. The smallest absolute Gasteiger partial charge is 0.223 e. The van der Waals surface area contributed by atoms with Crippen molar-refractivity contribution in [3.05, 3.63) is 11.7 Å². The number of nitrogens with one attached hydrogen (secondary N) is 1.